The van der Waals surface area contributed by atoms with Gasteiger partial charge >= 0.3 is 5.97 Å². The number of carbonyl (C=O) groups excluding carboxylic acids is 2. The second-order valence-corrected chi connectivity index (χ2v) is 7.37. The molecule has 0 aromatic carbocycles. The van der Waals surface area contributed by atoms with Crippen LogP contribution in [0.25, 0.3) is 0 Å². The van der Waals surface area contributed by atoms with Gasteiger partial charge in [0.25, 0.3) is 0 Å². The van der Waals surface area contributed by atoms with Gasteiger partial charge in [0.15, 0.2) is 5.78 Å². The molecule has 2 aliphatic rings. The first kappa shape index (κ1) is 17.2. The van der Waals surface area contributed by atoms with Crippen LogP contribution in [0.2, 0.25) is 0 Å². The molecule has 1 N–H and O–H groups in total. The van der Waals surface area contributed by atoms with Crippen molar-refractivity contribution in [3.63, 3.8) is 0 Å². The fourth-order valence-electron chi connectivity index (χ4n) is 4.54. The normalized spacial score (nSPS) is 24.5. The van der Waals surface area contributed by atoms with E-state index in [0.29, 0.717) is 29.1 Å². The van der Waals surface area contributed by atoms with Crippen LogP contribution in [0.3, 0.4) is 0 Å². The number of hydrogen-bond acceptors (Lipinski definition) is 4. The van der Waals surface area contributed by atoms with Gasteiger partial charge in [-0.25, -0.2) is 4.79 Å². The Balaban J connectivity index is 1.68. The molecule has 132 valence electrons. The summed E-state index contributed by atoms with van der Waals surface area (Å²) in [5.41, 5.74) is 2.45. The van der Waals surface area contributed by atoms with Gasteiger partial charge in [0.1, 0.15) is 0 Å². The van der Waals surface area contributed by atoms with Crippen LogP contribution < -0.4 is 0 Å². The van der Waals surface area contributed by atoms with Gasteiger partial charge in [0.2, 0.25) is 0 Å². The SMILES string of the molecule is COC(=O)c1c(C)[nH]c(C(=O)CN2CC[C@H]3CCCC[C@H]3C2)c1C. The molecule has 5 nitrogen and oxygen atoms in total. The molecular weight excluding hydrogens is 304 g/mol. The molecule has 3 rings (SSSR count). The molecule has 0 spiro atoms. The highest BCUT2D eigenvalue weighted by Crippen LogP contribution is 2.36. The van der Waals surface area contributed by atoms with E-state index in [2.05, 4.69) is 9.88 Å². The van der Waals surface area contributed by atoms with Crippen molar-refractivity contribution >= 4 is 11.8 Å². The highest BCUT2D eigenvalue weighted by Gasteiger charge is 2.32. The van der Waals surface area contributed by atoms with Crippen LogP contribution in [0.1, 0.15) is 64.2 Å². The van der Waals surface area contributed by atoms with Crippen LogP contribution in [0.4, 0.5) is 0 Å². The molecule has 1 aliphatic carbocycles. The number of likely N-dealkylation sites (tertiary alicyclic amines) is 1. The quantitative estimate of drug-likeness (QED) is 0.680. The Morgan fingerprint density at radius 2 is 1.88 bits per heavy atom. The molecular formula is C19H28N2O3. The van der Waals surface area contributed by atoms with Crippen molar-refractivity contribution in [2.75, 3.05) is 26.7 Å². The second-order valence-electron chi connectivity index (χ2n) is 7.37. The third-order valence-electron chi connectivity index (χ3n) is 5.85. The molecule has 24 heavy (non-hydrogen) atoms. The lowest BCUT2D eigenvalue weighted by Gasteiger charge is -2.41. The summed E-state index contributed by atoms with van der Waals surface area (Å²) in [7, 11) is 1.37. The average molecular weight is 332 g/mol. The number of aryl methyl sites for hydroxylation is 1. The summed E-state index contributed by atoms with van der Waals surface area (Å²) in [6.45, 7) is 6.11. The number of piperidine rings is 1. The van der Waals surface area contributed by atoms with Crippen molar-refractivity contribution < 1.29 is 14.3 Å². The first-order chi connectivity index (χ1) is 11.5. The third-order valence-corrected chi connectivity index (χ3v) is 5.85. The van der Waals surface area contributed by atoms with Crippen LogP contribution in [0, 0.1) is 25.7 Å². The molecule has 0 bridgehead atoms. The number of aromatic nitrogens is 1. The molecule has 2 fully saturated rings. The van der Waals surface area contributed by atoms with E-state index in [9.17, 15) is 9.59 Å². The van der Waals surface area contributed by atoms with Gasteiger partial charge in [-0.15, -0.1) is 0 Å². The zero-order valence-corrected chi connectivity index (χ0v) is 15.0. The number of rotatable bonds is 4. The molecule has 2 atom stereocenters. The number of methoxy groups -OCH3 is 1. The average Bonchev–Trinajstić information content (AvgIpc) is 2.88. The van der Waals surface area contributed by atoms with Crippen LogP contribution >= 0.6 is 0 Å². The minimum absolute atomic E-state index is 0.0695. The summed E-state index contributed by atoms with van der Waals surface area (Å²) >= 11 is 0. The number of esters is 1. The van der Waals surface area contributed by atoms with E-state index < -0.39 is 0 Å². The zero-order valence-electron chi connectivity index (χ0n) is 15.0. The van der Waals surface area contributed by atoms with Gasteiger partial charge in [0.05, 0.1) is 24.9 Å². The Hall–Kier alpha value is -1.62. The summed E-state index contributed by atoms with van der Waals surface area (Å²) in [6, 6.07) is 0. The second kappa shape index (κ2) is 7.09. The maximum absolute atomic E-state index is 12.7. The molecule has 1 aromatic rings. The van der Waals surface area contributed by atoms with Crippen LogP contribution in [-0.4, -0.2) is 48.4 Å². The van der Waals surface area contributed by atoms with Gasteiger partial charge in [-0.05, 0) is 50.6 Å². The number of fused-ring (bicyclic) bond motifs is 1. The lowest BCUT2D eigenvalue weighted by molar-refractivity contribution is 0.0599. The van der Waals surface area contributed by atoms with E-state index in [1.807, 2.05) is 13.8 Å². The molecule has 0 radical (unpaired) electrons. The number of nitrogens with zero attached hydrogens (tertiary/aromatic N) is 1. The first-order valence-corrected chi connectivity index (χ1v) is 9.04. The van der Waals surface area contributed by atoms with E-state index in [1.54, 1.807) is 0 Å². The van der Waals surface area contributed by atoms with Crippen molar-refractivity contribution in [3.05, 3.63) is 22.5 Å². The minimum Gasteiger partial charge on any atom is -0.465 e. The number of ether oxygens (including phenoxy) is 1. The van der Waals surface area contributed by atoms with Crippen LogP contribution in [-0.2, 0) is 4.74 Å². The maximum Gasteiger partial charge on any atom is 0.339 e. The topological polar surface area (TPSA) is 62.4 Å². The zero-order chi connectivity index (χ0) is 17.3. The molecule has 0 unspecified atom stereocenters. The maximum atomic E-state index is 12.7. The fraction of sp³-hybridized carbons (Fsp3) is 0.684. The van der Waals surface area contributed by atoms with E-state index in [-0.39, 0.29) is 11.8 Å². The van der Waals surface area contributed by atoms with Crippen molar-refractivity contribution in [2.24, 2.45) is 11.8 Å². The largest absolute Gasteiger partial charge is 0.465 e. The number of carbonyl (C=O) groups is 2. The molecule has 0 amide bonds. The predicted octanol–water partition coefficient (Wildman–Crippen LogP) is 3.11. The highest BCUT2D eigenvalue weighted by atomic mass is 16.5. The van der Waals surface area contributed by atoms with E-state index >= 15 is 0 Å². The molecule has 1 aliphatic heterocycles. The lowest BCUT2D eigenvalue weighted by atomic mass is 9.75. The lowest BCUT2D eigenvalue weighted by Crippen LogP contribution is -2.44. The molecule has 1 saturated heterocycles. The summed E-state index contributed by atoms with van der Waals surface area (Å²) in [6.07, 6.45) is 6.60. The number of nitrogens with one attached hydrogen (secondary N) is 1. The first-order valence-electron chi connectivity index (χ1n) is 9.04. The fourth-order valence-corrected chi connectivity index (χ4v) is 4.54. The third kappa shape index (κ3) is 3.27. The van der Waals surface area contributed by atoms with E-state index in [4.69, 9.17) is 4.74 Å². The number of hydrogen-bond donors (Lipinski definition) is 1. The Morgan fingerprint density at radius 1 is 1.17 bits per heavy atom. The number of Topliss-reactive ketones (excluding diaryl/α,β-unsaturated/α-hetero) is 1. The summed E-state index contributed by atoms with van der Waals surface area (Å²) in [5, 5.41) is 0. The van der Waals surface area contributed by atoms with Gasteiger partial charge in [-0.1, -0.05) is 19.3 Å². The van der Waals surface area contributed by atoms with Crippen molar-refractivity contribution in [3.8, 4) is 0 Å². The molecule has 1 saturated carbocycles. The van der Waals surface area contributed by atoms with Gasteiger partial charge in [-0.2, -0.15) is 0 Å². The van der Waals surface area contributed by atoms with Gasteiger partial charge < -0.3 is 9.72 Å². The summed E-state index contributed by atoms with van der Waals surface area (Å²) in [4.78, 5) is 30.0. The van der Waals surface area contributed by atoms with Crippen LogP contribution in [0.5, 0.6) is 0 Å². The Kier molecular flexibility index (Phi) is 5.09. The van der Waals surface area contributed by atoms with Crippen LogP contribution in [0.15, 0.2) is 0 Å². The smallest absolute Gasteiger partial charge is 0.339 e. The number of H-pyrrole nitrogens is 1. The van der Waals surface area contributed by atoms with E-state index in [0.717, 1.165) is 24.9 Å². The highest BCUT2D eigenvalue weighted by molar-refractivity contribution is 6.02. The summed E-state index contributed by atoms with van der Waals surface area (Å²) in [5.74, 6) is 1.31. The molecule has 5 heteroatoms. The Labute approximate surface area is 143 Å². The van der Waals surface area contributed by atoms with Crippen molar-refractivity contribution in [1.29, 1.82) is 0 Å². The molecule has 2 heterocycles. The Bertz CT molecular complexity index is 635. The van der Waals surface area contributed by atoms with Gasteiger partial charge in [-0.3, -0.25) is 9.69 Å². The minimum atomic E-state index is -0.386. The molecule has 1 aromatic heterocycles. The van der Waals surface area contributed by atoms with E-state index in [1.165, 1.54) is 39.2 Å². The Morgan fingerprint density at radius 3 is 2.58 bits per heavy atom. The predicted molar refractivity (Wildman–Crippen MR) is 92.4 cm³/mol. The number of aromatic amines is 1. The monoisotopic (exact) mass is 332 g/mol. The van der Waals surface area contributed by atoms with Crippen molar-refractivity contribution in [1.82, 2.24) is 9.88 Å². The number of ketones is 1. The van der Waals surface area contributed by atoms with Crippen molar-refractivity contribution in [2.45, 2.75) is 46.0 Å². The standard InChI is InChI=1S/C19H28N2O3/c1-12-17(19(23)24-3)13(2)20-18(12)16(22)11-21-9-8-14-6-4-5-7-15(14)10-21/h14-15,20H,4-11H2,1-3H3/t14-,15+/m1/s1. The summed E-state index contributed by atoms with van der Waals surface area (Å²) < 4.78 is 4.82. The van der Waals surface area contributed by atoms with Gasteiger partial charge in [0, 0.05) is 12.2 Å².